The minimum atomic E-state index is -0.145. The SMILES string of the molecule is c1ccc(-c2ccc3c(oc4ccccc43)c2N2c3cc4c(cc3B3c5c2cc(-c2cccc6ccccc26)cc5-n2c5ccccc5c5c6c7ccccc7n(-c7ccccc7)c6cc3c52)sc2ccccc24)cc1. The first-order valence-electron chi connectivity index (χ1n) is 26.2. The smallest absolute Gasteiger partial charge is 0.252 e. The van der Waals surface area contributed by atoms with E-state index >= 15 is 0 Å². The predicted molar refractivity (Wildman–Crippen MR) is 323 cm³/mol. The first kappa shape index (κ1) is 40.8. The third kappa shape index (κ3) is 5.33. The van der Waals surface area contributed by atoms with Crippen LogP contribution >= 0.6 is 11.3 Å². The third-order valence-electron chi connectivity index (χ3n) is 16.8. The number of anilines is 3. The summed E-state index contributed by atoms with van der Waals surface area (Å²) in [6.45, 7) is -0.145. The molecule has 0 saturated heterocycles. The molecule has 6 heterocycles. The summed E-state index contributed by atoms with van der Waals surface area (Å²) in [6, 6.07) is 90.4. The van der Waals surface area contributed by atoms with E-state index in [0.717, 1.165) is 61.4 Å². The Morgan fingerprint density at radius 3 is 1.89 bits per heavy atom. The van der Waals surface area contributed by atoms with Crippen molar-refractivity contribution in [3.05, 3.63) is 243 Å². The lowest BCUT2D eigenvalue weighted by molar-refractivity contribution is 0.669. The fourth-order valence-electron chi connectivity index (χ4n) is 13.8. The number of aromatic nitrogens is 2. The molecule has 2 aliphatic rings. The molecule has 6 heteroatoms. The average Bonchev–Trinajstić information content (AvgIpc) is 4.11. The zero-order valence-corrected chi connectivity index (χ0v) is 41.6. The van der Waals surface area contributed by atoms with Gasteiger partial charge in [-0.05, 0) is 117 Å². The monoisotopic (exact) mass is 981 g/mol. The maximum atomic E-state index is 7.27. The normalized spacial score (nSPS) is 12.9. The zero-order chi connectivity index (χ0) is 49.3. The molecule has 18 rings (SSSR count). The van der Waals surface area contributed by atoms with E-state index in [1.54, 1.807) is 0 Å². The van der Waals surface area contributed by atoms with E-state index < -0.39 is 0 Å². The number of thiophene rings is 1. The lowest BCUT2D eigenvalue weighted by atomic mass is 9.33. The molecule has 2 aliphatic heterocycles. The van der Waals surface area contributed by atoms with Crippen molar-refractivity contribution in [3.8, 4) is 33.6 Å². The van der Waals surface area contributed by atoms with Gasteiger partial charge in [-0.3, -0.25) is 0 Å². The summed E-state index contributed by atoms with van der Waals surface area (Å²) >= 11 is 1.89. The molecular weight excluding hydrogens is 942 g/mol. The highest BCUT2D eigenvalue weighted by Gasteiger charge is 2.45. The van der Waals surface area contributed by atoms with Gasteiger partial charge in [-0.2, -0.15) is 0 Å². The van der Waals surface area contributed by atoms with E-state index in [-0.39, 0.29) is 6.71 Å². The second-order valence-electron chi connectivity index (χ2n) is 20.7. The number of hydrogen-bond acceptors (Lipinski definition) is 3. The van der Waals surface area contributed by atoms with Crippen molar-refractivity contribution in [1.29, 1.82) is 0 Å². The zero-order valence-electron chi connectivity index (χ0n) is 40.8. The Kier molecular flexibility index (Phi) is 8.06. The van der Waals surface area contributed by atoms with Gasteiger partial charge < -0.3 is 18.5 Å². The van der Waals surface area contributed by atoms with Crippen LogP contribution in [0.1, 0.15) is 0 Å². The van der Waals surface area contributed by atoms with Gasteiger partial charge in [0.2, 0.25) is 0 Å². The lowest BCUT2D eigenvalue weighted by Gasteiger charge is -2.41. The number of nitrogens with zero attached hydrogens (tertiary/aromatic N) is 3. The van der Waals surface area contributed by atoms with Gasteiger partial charge in [-0.15, -0.1) is 11.3 Å². The highest BCUT2D eigenvalue weighted by molar-refractivity contribution is 7.26. The van der Waals surface area contributed by atoms with Crippen molar-refractivity contribution in [2.75, 3.05) is 4.90 Å². The van der Waals surface area contributed by atoms with Crippen LogP contribution in [0.3, 0.4) is 0 Å². The molecule has 12 aromatic carbocycles. The molecule has 350 valence electrons. The molecule has 76 heavy (non-hydrogen) atoms. The topological polar surface area (TPSA) is 26.2 Å². The number of fused-ring (bicyclic) bond motifs is 18. The average molecular weight is 982 g/mol. The summed E-state index contributed by atoms with van der Waals surface area (Å²) < 4.78 is 15.0. The summed E-state index contributed by atoms with van der Waals surface area (Å²) in [5, 5.41) is 12.2. The van der Waals surface area contributed by atoms with Crippen molar-refractivity contribution < 1.29 is 4.42 Å². The fraction of sp³-hybridized carbons (Fsp3) is 0. The predicted octanol–water partition coefficient (Wildman–Crippen LogP) is 17.2. The molecule has 0 spiro atoms. The molecule has 0 bridgehead atoms. The van der Waals surface area contributed by atoms with E-state index in [2.05, 4.69) is 257 Å². The standard InChI is InChI=1S/C70H40BN3OS/c1-3-18-42(19-4-1)47-34-35-50-48-25-11-15-32-62(48)75-70(50)68(47)74-58-38-53-49-26-12-16-33-63(49)76-64(53)40-54(58)71-55-39-59-65(51-27-9-13-30-56(51)72(59)44-22-5-2-6-23-44)66-52-28-10-14-31-57(52)73(69(55)66)60-36-43(37-61(74)67(60)71)46-29-17-21-41-20-7-8-24-45(41)46/h1-40H. The summed E-state index contributed by atoms with van der Waals surface area (Å²) in [4.78, 5) is 2.62. The Morgan fingerprint density at radius 1 is 0.382 bits per heavy atom. The molecule has 16 aromatic rings. The second kappa shape index (κ2) is 15.0. The molecule has 0 unspecified atom stereocenters. The van der Waals surface area contributed by atoms with Gasteiger partial charge in [-0.25, -0.2) is 0 Å². The van der Waals surface area contributed by atoms with Crippen molar-refractivity contribution in [3.63, 3.8) is 0 Å². The lowest BCUT2D eigenvalue weighted by Crippen LogP contribution is -2.60. The highest BCUT2D eigenvalue weighted by atomic mass is 32.1. The molecular formula is C70H40BN3OS. The van der Waals surface area contributed by atoms with Crippen LogP contribution in [0.5, 0.6) is 0 Å². The van der Waals surface area contributed by atoms with Crippen LogP contribution < -0.4 is 21.3 Å². The van der Waals surface area contributed by atoms with E-state index in [1.165, 1.54) is 102 Å². The molecule has 0 N–H and O–H groups in total. The van der Waals surface area contributed by atoms with E-state index in [1.807, 2.05) is 11.3 Å². The van der Waals surface area contributed by atoms with Crippen LogP contribution in [-0.2, 0) is 0 Å². The van der Waals surface area contributed by atoms with E-state index in [4.69, 9.17) is 4.42 Å². The van der Waals surface area contributed by atoms with Gasteiger partial charge in [0.15, 0.2) is 5.58 Å². The number of furan rings is 1. The minimum Gasteiger partial charge on any atom is -0.454 e. The van der Waals surface area contributed by atoms with Gasteiger partial charge >= 0.3 is 0 Å². The van der Waals surface area contributed by atoms with Crippen molar-refractivity contribution in [2.45, 2.75) is 0 Å². The Balaban J connectivity index is 1.08. The molecule has 4 nitrogen and oxygen atoms in total. The molecule has 0 amide bonds. The van der Waals surface area contributed by atoms with E-state index in [0.29, 0.717) is 0 Å². The third-order valence-corrected chi connectivity index (χ3v) is 18.0. The van der Waals surface area contributed by atoms with Crippen LogP contribution in [0.25, 0.3) is 130 Å². The Hall–Kier alpha value is -9.62. The Bertz CT molecular complexity index is 5190. The molecule has 0 saturated carbocycles. The first-order chi connectivity index (χ1) is 37.7. The van der Waals surface area contributed by atoms with Crippen molar-refractivity contribution >= 4 is 148 Å². The van der Waals surface area contributed by atoms with Crippen LogP contribution in [0, 0.1) is 0 Å². The Labute approximate surface area is 440 Å². The summed E-state index contributed by atoms with van der Waals surface area (Å²) in [5.41, 5.74) is 20.7. The van der Waals surface area contributed by atoms with Crippen LogP contribution in [0.15, 0.2) is 247 Å². The van der Waals surface area contributed by atoms with Crippen molar-refractivity contribution in [1.82, 2.24) is 9.13 Å². The largest absolute Gasteiger partial charge is 0.454 e. The van der Waals surface area contributed by atoms with Gasteiger partial charge in [0.1, 0.15) is 5.58 Å². The molecule has 4 aromatic heterocycles. The maximum Gasteiger partial charge on any atom is 0.252 e. The number of para-hydroxylation sites is 4. The highest BCUT2D eigenvalue weighted by Crippen LogP contribution is 2.52. The quantitative estimate of drug-likeness (QED) is 0.164. The number of benzene rings is 12. The van der Waals surface area contributed by atoms with Crippen LogP contribution in [-0.4, -0.2) is 15.8 Å². The van der Waals surface area contributed by atoms with Crippen molar-refractivity contribution in [2.24, 2.45) is 0 Å². The summed E-state index contributed by atoms with van der Waals surface area (Å²) in [6.07, 6.45) is 0. The first-order valence-corrected chi connectivity index (χ1v) is 27.0. The number of rotatable bonds is 4. The Morgan fingerprint density at radius 2 is 1.05 bits per heavy atom. The second-order valence-corrected chi connectivity index (χ2v) is 21.7. The summed E-state index contributed by atoms with van der Waals surface area (Å²) in [5.74, 6) is 0. The van der Waals surface area contributed by atoms with Gasteiger partial charge in [0.25, 0.3) is 6.71 Å². The molecule has 0 atom stereocenters. The van der Waals surface area contributed by atoms with Gasteiger partial charge in [0, 0.05) is 80.8 Å². The molecule has 0 aliphatic carbocycles. The fourth-order valence-corrected chi connectivity index (χ4v) is 14.9. The van der Waals surface area contributed by atoms with E-state index in [9.17, 15) is 0 Å². The summed E-state index contributed by atoms with van der Waals surface area (Å²) in [7, 11) is 0. The van der Waals surface area contributed by atoms with Gasteiger partial charge in [-0.1, -0.05) is 170 Å². The van der Waals surface area contributed by atoms with Crippen LogP contribution in [0.2, 0.25) is 0 Å². The molecule has 0 fully saturated rings. The van der Waals surface area contributed by atoms with Crippen LogP contribution in [0.4, 0.5) is 17.1 Å². The van der Waals surface area contributed by atoms with Gasteiger partial charge in [0.05, 0.1) is 27.8 Å². The molecule has 0 radical (unpaired) electrons. The number of hydrogen-bond donors (Lipinski definition) is 0. The maximum absolute atomic E-state index is 7.27. The minimum absolute atomic E-state index is 0.145.